The molecule has 0 spiro atoms. The third kappa shape index (κ3) is 3.07. The van der Waals surface area contributed by atoms with Gasteiger partial charge in [0.15, 0.2) is 11.5 Å². The number of aromatic nitrogens is 4. The van der Waals surface area contributed by atoms with Gasteiger partial charge >= 0.3 is 0 Å². The summed E-state index contributed by atoms with van der Waals surface area (Å²) in [7, 11) is 0. The van der Waals surface area contributed by atoms with Crippen LogP contribution in [0.3, 0.4) is 0 Å². The van der Waals surface area contributed by atoms with Gasteiger partial charge in [0, 0.05) is 13.0 Å². The van der Waals surface area contributed by atoms with Gasteiger partial charge in [0.25, 0.3) is 0 Å². The van der Waals surface area contributed by atoms with Gasteiger partial charge in [-0.2, -0.15) is 9.97 Å². The third-order valence-corrected chi connectivity index (χ3v) is 2.57. The van der Waals surface area contributed by atoms with Crippen LogP contribution in [-0.2, 0) is 4.79 Å². The SMILES string of the molecule is NC(=O)CCCCNc1nc(Cl)nc2nc[nH]c12. The number of amides is 1. The van der Waals surface area contributed by atoms with Gasteiger partial charge in [-0.3, -0.25) is 4.79 Å². The molecule has 0 aliphatic heterocycles. The summed E-state index contributed by atoms with van der Waals surface area (Å²) in [6.45, 7) is 0.675. The number of fused-ring (bicyclic) bond motifs is 1. The number of rotatable bonds is 6. The number of carbonyl (C=O) groups excluding carboxylic acids is 1. The average molecular weight is 269 g/mol. The smallest absolute Gasteiger partial charge is 0.226 e. The topological polar surface area (TPSA) is 110 Å². The lowest BCUT2D eigenvalue weighted by molar-refractivity contribution is -0.118. The molecule has 0 radical (unpaired) electrons. The van der Waals surface area contributed by atoms with Crippen LogP contribution in [0.5, 0.6) is 0 Å². The molecule has 2 aromatic heterocycles. The fraction of sp³-hybridized carbons (Fsp3) is 0.400. The molecule has 0 saturated heterocycles. The van der Waals surface area contributed by atoms with E-state index < -0.39 is 0 Å². The molecule has 2 aromatic rings. The number of halogens is 1. The fourth-order valence-electron chi connectivity index (χ4n) is 1.57. The predicted molar refractivity (Wildman–Crippen MR) is 68.2 cm³/mol. The van der Waals surface area contributed by atoms with E-state index in [1.165, 1.54) is 6.33 Å². The van der Waals surface area contributed by atoms with Gasteiger partial charge in [0.05, 0.1) is 6.33 Å². The number of nitrogens with two attached hydrogens (primary N) is 1. The first-order valence-electron chi connectivity index (χ1n) is 5.55. The summed E-state index contributed by atoms with van der Waals surface area (Å²) in [6.07, 6.45) is 3.49. The van der Waals surface area contributed by atoms with Crippen LogP contribution in [0, 0.1) is 0 Å². The van der Waals surface area contributed by atoms with Crippen LogP contribution < -0.4 is 11.1 Å². The van der Waals surface area contributed by atoms with E-state index in [1.54, 1.807) is 0 Å². The van der Waals surface area contributed by atoms with Crippen LogP contribution in [0.25, 0.3) is 11.2 Å². The molecule has 4 N–H and O–H groups in total. The molecule has 96 valence electrons. The van der Waals surface area contributed by atoms with Crippen molar-refractivity contribution in [2.24, 2.45) is 5.73 Å². The van der Waals surface area contributed by atoms with E-state index in [0.717, 1.165) is 12.8 Å². The number of unbranched alkanes of at least 4 members (excludes halogenated alkanes) is 1. The molecule has 0 bridgehead atoms. The average Bonchev–Trinajstić information content (AvgIpc) is 2.75. The second-order valence-electron chi connectivity index (χ2n) is 3.79. The van der Waals surface area contributed by atoms with Crippen LogP contribution in [0.4, 0.5) is 5.82 Å². The fourth-order valence-corrected chi connectivity index (χ4v) is 1.73. The summed E-state index contributed by atoms with van der Waals surface area (Å²) in [6, 6.07) is 0. The molecule has 18 heavy (non-hydrogen) atoms. The Morgan fingerprint density at radius 2 is 2.28 bits per heavy atom. The van der Waals surface area contributed by atoms with E-state index in [9.17, 15) is 4.79 Å². The van der Waals surface area contributed by atoms with Crippen LogP contribution in [0.2, 0.25) is 5.28 Å². The Morgan fingerprint density at radius 1 is 1.44 bits per heavy atom. The molecular formula is C10H13ClN6O. The molecule has 0 fully saturated rings. The third-order valence-electron chi connectivity index (χ3n) is 2.40. The van der Waals surface area contributed by atoms with Crippen molar-refractivity contribution in [1.29, 1.82) is 0 Å². The van der Waals surface area contributed by atoms with Crippen molar-refractivity contribution in [2.75, 3.05) is 11.9 Å². The van der Waals surface area contributed by atoms with E-state index in [0.29, 0.717) is 29.9 Å². The number of aromatic amines is 1. The number of anilines is 1. The van der Waals surface area contributed by atoms with Crippen molar-refractivity contribution in [3.05, 3.63) is 11.6 Å². The van der Waals surface area contributed by atoms with Crippen molar-refractivity contribution >= 4 is 34.5 Å². The number of H-pyrrole nitrogens is 1. The van der Waals surface area contributed by atoms with Crippen LogP contribution in [0.15, 0.2) is 6.33 Å². The molecule has 0 aliphatic rings. The first-order valence-corrected chi connectivity index (χ1v) is 5.93. The van der Waals surface area contributed by atoms with Gasteiger partial charge < -0.3 is 16.0 Å². The summed E-state index contributed by atoms with van der Waals surface area (Å²) in [5.74, 6) is 0.331. The van der Waals surface area contributed by atoms with Crippen molar-refractivity contribution in [3.63, 3.8) is 0 Å². The lowest BCUT2D eigenvalue weighted by atomic mass is 10.2. The zero-order valence-electron chi connectivity index (χ0n) is 9.61. The number of nitrogens with zero attached hydrogens (tertiary/aromatic N) is 3. The highest BCUT2D eigenvalue weighted by Gasteiger charge is 2.07. The molecule has 8 heteroatoms. The lowest BCUT2D eigenvalue weighted by Gasteiger charge is -2.05. The molecule has 0 aromatic carbocycles. The minimum Gasteiger partial charge on any atom is -0.370 e. The number of carbonyl (C=O) groups is 1. The Kier molecular flexibility index (Phi) is 3.93. The first kappa shape index (κ1) is 12.6. The van der Waals surface area contributed by atoms with Gasteiger partial charge in [-0.05, 0) is 24.4 Å². The van der Waals surface area contributed by atoms with Crippen molar-refractivity contribution < 1.29 is 4.79 Å². The van der Waals surface area contributed by atoms with Gasteiger partial charge in [-0.25, -0.2) is 4.98 Å². The molecule has 0 atom stereocenters. The summed E-state index contributed by atoms with van der Waals surface area (Å²) in [5, 5.41) is 3.28. The number of hydrogen-bond acceptors (Lipinski definition) is 5. The summed E-state index contributed by atoms with van der Waals surface area (Å²) >= 11 is 5.79. The number of imidazole rings is 1. The second-order valence-corrected chi connectivity index (χ2v) is 4.13. The molecule has 7 nitrogen and oxygen atoms in total. The number of primary amides is 1. The van der Waals surface area contributed by atoms with Crippen LogP contribution in [-0.4, -0.2) is 32.4 Å². The van der Waals surface area contributed by atoms with Crippen LogP contribution >= 0.6 is 11.6 Å². The van der Waals surface area contributed by atoms with E-state index in [4.69, 9.17) is 17.3 Å². The Balaban J connectivity index is 1.94. The van der Waals surface area contributed by atoms with Crippen molar-refractivity contribution in [2.45, 2.75) is 19.3 Å². The Labute approximate surface area is 108 Å². The normalized spacial score (nSPS) is 10.7. The van der Waals surface area contributed by atoms with Crippen molar-refractivity contribution in [1.82, 2.24) is 19.9 Å². The van der Waals surface area contributed by atoms with Gasteiger partial charge in [0.2, 0.25) is 11.2 Å². The number of nitrogens with one attached hydrogen (secondary N) is 2. The van der Waals surface area contributed by atoms with E-state index in [2.05, 4.69) is 25.3 Å². The number of hydrogen-bond donors (Lipinski definition) is 3. The van der Waals surface area contributed by atoms with E-state index in [1.807, 2.05) is 0 Å². The Hall–Kier alpha value is -1.89. The van der Waals surface area contributed by atoms with Gasteiger partial charge in [-0.1, -0.05) is 0 Å². The summed E-state index contributed by atoms with van der Waals surface area (Å²) in [4.78, 5) is 25.6. The largest absolute Gasteiger partial charge is 0.370 e. The maximum absolute atomic E-state index is 10.6. The summed E-state index contributed by atoms with van der Waals surface area (Å²) < 4.78 is 0. The molecule has 0 unspecified atom stereocenters. The molecule has 2 rings (SSSR count). The standard InChI is InChI=1S/C10H13ClN6O/c11-10-16-8(7-9(17-10)15-5-14-7)13-4-2-1-3-6(12)18/h5H,1-4H2,(H2,12,18)(H2,13,14,15,16,17). The molecule has 0 saturated carbocycles. The highest BCUT2D eigenvalue weighted by atomic mass is 35.5. The quantitative estimate of drug-likeness (QED) is 0.536. The van der Waals surface area contributed by atoms with Gasteiger partial charge in [0.1, 0.15) is 5.52 Å². The molecule has 1 amide bonds. The van der Waals surface area contributed by atoms with E-state index >= 15 is 0 Å². The zero-order valence-corrected chi connectivity index (χ0v) is 10.4. The molecular weight excluding hydrogens is 256 g/mol. The Bertz CT molecular complexity index is 554. The first-order chi connectivity index (χ1) is 8.66. The summed E-state index contributed by atoms with van der Waals surface area (Å²) in [5.41, 5.74) is 6.30. The lowest BCUT2D eigenvalue weighted by Crippen LogP contribution is -2.11. The highest BCUT2D eigenvalue weighted by molar-refractivity contribution is 6.28. The van der Waals surface area contributed by atoms with E-state index in [-0.39, 0.29) is 11.2 Å². The maximum atomic E-state index is 10.6. The van der Waals surface area contributed by atoms with Crippen LogP contribution in [0.1, 0.15) is 19.3 Å². The minimum atomic E-state index is -0.281. The monoisotopic (exact) mass is 268 g/mol. The molecule has 2 heterocycles. The second kappa shape index (κ2) is 5.63. The highest BCUT2D eigenvalue weighted by Crippen LogP contribution is 2.18. The Morgan fingerprint density at radius 3 is 3.06 bits per heavy atom. The van der Waals surface area contributed by atoms with Gasteiger partial charge in [-0.15, -0.1) is 0 Å². The maximum Gasteiger partial charge on any atom is 0.226 e. The molecule has 0 aliphatic carbocycles. The predicted octanol–water partition coefficient (Wildman–Crippen LogP) is 1.07. The zero-order chi connectivity index (χ0) is 13.0. The minimum absolute atomic E-state index is 0.147. The van der Waals surface area contributed by atoms with Crippen molar-refractivity contribution in [3.8, 4) is 0 Å².